The fraction of sp³-hybridized carbons (Fsp3) is 0.238. The highest BCUT2D eigenvalue weighted by Crippen LogP contribution is 2.32. The summed E-state index contributed by atoms with van der Waals surface area (Å²) in [6, 6.07) is 17.2. The van der Waals surface area contributed by atoms with Crippen LogP contribution in [0.4, 0.5) is 5.82 Å². The van der Waals surface area contributed by atoms with E-state index in [4.69, 9.17) is 0 Å². The maximum absolute atomic E-state index is 13.1. The lowest BCUT2D eigenvalue weighted by atomic mass is 10.1. The number of aromatic nitrogens is 2. The first-order chi connectivity index (χ1) is 13.6. The molecule has 0 bridgehead atoms. The molecule has 0 saturated carbocycles. The van der Waals surface area contributed by atoms with E-state index in [2.05, 4.69) is 14.5 Å². The summed E-state index contributed by atoms with van der Waals surface area (Å²) in [7, 11) is -3.51. The van der Waals surface area contributed by atoms with E-state index in [-0.39, 0.29) is 6.04 Å². The van der Waals surface area contributed by atoms with Gasteiger partial charge >= 0.3 is 0 Å². The zero-order valence-electron chi connectivity index (χ0n) is 15.3. The average Bonchev–Trinajstić information content (AvgIpc) is 3.46. The smallest absolute Gasteiger partial charge is 0.243 e. The van der Waals surface area contributed by atoms with Crippen LogP contribution in [0.15, 0.2) is 70.8 Å². The number of benzene rings is 2. The quantitative estimate of drug-likeness (QED) is 0.683. The van der Waals surface area contributed by atoms with E-state index >= 15 is 0 Å². The van der Waals surface area contributed by atoms with E-state index in [9.17, 15) is 8.42 Å². The number of imidazole rings is 1. The van der Waals surface area contributed by atoms with Gasteiger partial charge in [0.05, 0.1) is 16.9 Å². The molecule has 5 rings (SSSR count). The van der Waals surface area contributed by atoms with Crippen molar-refractivity contribution in [3.05, 3.63) is 66.6 Å². The van der Waals surface area contributed by atoms with Crippen molar-refractivity contribution in [2.45, 2.75) is 23.8 Å². The summed E-state index contributed by atoms with van der Waals surface area (Å²) < 4.78 is 29.9. The molecule has 7 heteroatoms. The predicted molar refractivity (Wildman–Crippen MR) is 108 cm³/mol. The van der Waals surface area contributed by atoms with Crippen LogP contribution in [0.25, 0.3) is 11.1 Å². The lowest BCUT2D eigenvalue weighted by Gasteiger charge is -2.18. The van der Waals surface area contributed by atoms with Crippen LogP contribution >= 0.6 is 0 Å². The Morgan fingerprint density at radius 3 is 2.50 bits per heavy atom. The number of fused-ring (bicyclic) bond motifs is 1. The lowest BCUT2D eigenvalue weighted by molar-refractivity contribution is 0.449. The zero-order valence-corrected chi connectivity index (χ0v) is 16.1. The van der Waals surface area contributed by atoms with Crippen molar-refractivity contribution >= 4 is 22.1 Å². The Hall–Kier alpha value is -2.77. The van der Waals surface area contributed by atoms with Crippen molar-refractivity contribution in [1.82, 2.24) is 13.9 Å². The first kappa shape index (κ1) is 17.3. The maximum atomic E-state index is 13.1. The Morgan fingerprint density at radius 2 is 1.71 bits per heavy atom. The van der Waals surface area contributed by atoms with E-state index in [0.717, 1.165) is 35.5 Å². The third-order valence-corrected chi connectivity index (χ3v) is 7.37. The second-order valence-corrected chi connectivity index (χ2v) is 9.07. The predicted octanol–water partition coefficient (Wildman–Crippen LogP) is 3.44. The molecule has 0 amide bonds. The van der Waals surface area contributed by atoms with Crippen molar-refractivity contribution in [2.24, 2.45) is 4.99 Å². The van der Waals surface area contributed by atoms with Gasteiger partial charge in [-0.15, -0.1) is 0 Å². The number of aliphatic imine (C=N–C) groups is 1. The fourth-order valence-electron chi connectivity index (χ4n) is 3.97. The van der Waals surface area contributed by atoms with Crippen LogP contribution in [0.5, 0.6) is 0 Å². The maximum Gasteiger partial charge on any atom is 0.243 e. The molecule has 1 saturated heterocycles. The molecular formula is C21H20N4O2S. The van der Waals surface area contributed by atoms with Gasteiger partial charge < -0.3 is 4.57 Å². The van der Waals surface area contributed by atoms with Gasteiger partial charge in [0.25, 0.3) is 0 Å². The number of nitrogens with zero attached hydrogens (tertiary/aromatic N) is 4. The highest BCUT2D eigenvalue weighted by Gasteiger charge is 2.34. The Labute approximate surface area is 164 Å². The Morgan fingerprint density at radius 1 is 0.964 bits per heavy atom. The van der Waals surface area contributed by atoms with Gasteiger partial charge in [-0.25, -0.2) is 18.4 Å². The largest absolute Gasteiger partial charge is 0.328 e. The van der Waals surface area contributed by atoms with Crippen molar-refractivity contribution in [2.75, 3.05) is 13.1 Å². The zero-order chi connectivity index (χ0) is 19.1. The summed E-state index contributed by atoms with van der Waals surface area (Å²) in [5, 5.41) is 0. The molecule has 2 aliphatic heterocycles. The van der Waals surface area contributed by atoms with E-state index in [1.54, 1.807) is 22.8 Å². The van der Waals surface area contributed by atoms with Crippen LogP contribution in [0.1, 0.15) is 18.2 Å². The SMILES string of the molecule is O=S(=O)(c1ccc(-c2ccccc2)cc1)N1CCC(n2cnc3c2CC=N3)C1. The molecule has 0 aliphatic carbocycles. The summed E-state index contributed by atoms with van der Waals surface area (Å²) in [6.07, 6.45) is 5.19. The van der Waals surface area contributed by atoms with Crippen LogP contribution in [0, 0.1) is 0 Å². The van der Waals surface area contributed by atoms with Crippen LogP contribution in [0.3, 0.4) is 0 Å². The number of hydrogen-bond acceptors (Lipinski definition) is 4. The monoisotopic (exact) mass is 392 g/mol. The second-order valence-electron chi connectivity index (χ2n) is 7.13. The minimum atomic E-state index is -3.51. The molecule has 2 aromatic carbocycles. The molecule has 142 valence electrons. The average molecular weight is 392 g/mol. The van der Waals surface area contributed by atoms with Crippen molar-refractivity contribution < 1.29 is 8.42 Å². The summed E-state index contributed by atoms with van der Waals surface area (Å²) >= 11 is 0. The molecule has 1 unspecified atom stereocenters. The molecule has 1 aromatic heterocycles. The third-order valence-electron chi connectivity index (χ3n) is 5.49. The van der Waals surface area contributed by atoms with Crippen molar-refractivity contribution in [3.8, 4) is 11.1 Å². The van der Waals surface area contributed by atoms with Crippen LogP contribution in [-0.2, 0) is 16.4 Å². The van der Waals surface area contributed by atoms with Gasteiger partial charge in [0, 0.05) is 31.8 Å². The molecule has 1 atom stereocenters. The number of hydrogen-bond donors (Lipinski definition) is 0. The van der Waals surface area contributed by atoms with E-state index in [1.165, 1.54) is 0 Å². The summed E-state index contributed by atoms with van der Waals surface area (Å²) in [5.74, 6) is 0.762. The Balaban J connectivity index is 1.36. The van der Waals surface area contributed by atoms with Crippen LogP contribution in [0.2, 0.25) is 0 Å². The molecule has 1 fully saturated rings. The topological polar surface area (TPSA) is 67.6 Å². The number of sulfonamides is 1. The molecular weight excluding hydrogens is 372 g/mol. The molecule has 2 aliphatic rings. The van der Waals surface area contributed by atoms with Gasteiger partial charge in [-0.3, -0.25) is 0 Å². The molecule has 28 heavy (non-hydrogen) atoms. The molecule has 0 N–H and O–H groups in total. The molecule has 0 radical (unpaired) electrons. The molecule has 3 heterocycles. The van der Waals surface area contributed by atoms with Gasteiger partial charge in [-0.1, -0.05) is 42.5 Å². The van der Waals surface area contributed by atoms with E-state index < -0.39 is 10.0 Å². The molecule has 6 nitrogen and oxygen atoms in total. The normalized spacial score (nSPS) is 19.2. The minimum Gasteiger partial charge on any atom is -0.328 e. The van der Waals surface area contributed by atoms with Crippen molar-refractivity contribution in [3.63, 3.8) is 0 Å². The number of rotatable bonds is 4. The first-order valence-electron chi connectivity index (χ1n) is 9.37. The van der Waals surface area contributed by atoms with Crippen molar-refractivity contribution in [1.29, 1.82) is 0 Å². The van der Waals surface area contributed by atoms with Crippen LogP contribution in [-0.4, -0.2) is 41.6 Å². The standard InChI is InChI=1S/C21H20N4O2S/c26-28(27,19-8-6-17(7-9-19)16-4-2-1-3-5-16)24-13-11-18(14-24)25-15-23-21-20(25)10-12-22-21/h1-9,12,15,18H,10-11,13-14H2. The first-order valence-corrected chi connectivity index (χ1v) is 10.8. The second kappa shape index (κ2) is 6.68. The van der Waals surface area contributed by atoms with Gasteiger partial charge in [-0.05, 0) is 29.7 Å². The molecule has 3 aromatic rings. The summed E-state index contributed by atoms with van der Waals surface area (Å²) in [5.41, 5.74) is 3.16. The van der Waals surface area contributed by atoms with E-state index in [0.29, 0.717) is 18.0 Å². The summed E-state index contributed by atoms with van der Waals surface area (Å²) in [6.45, 7) is 0.979. The fourth-order valence-corrected chi connectivity index (χ4v) is 5.46. The van der Waals surface area contributed by atoms with Gasteiger partial charge in [-0.2, -0.15) is 4.31 Å². The van der Waals surface area contributed by atoms with Gasteiger partial charge in [0.2, 0.25) is 10.0 Å². The molecule has 0 spiro atoms. The van der Waals surface area contributed by atoms with Crippen LogP contribution < -0.4 is 0 Å². The minimum absolute atomic E-state index is 0.108. The van der Waals surface area contributed by atoms with E-state index in [1.807, 2.05) is 48.7 Å². The summed E-state index contributed by atoms with van der Waals surface area (Å²) in [4.78, 5) is 8.91. The highest BCUT2D eigenvalue weighted by molar-refractivity contribution is 7.89. The van der Waals surface area contributed by atoms with Gasteiger partial charge in [0.1, 0.15) is 0 Å². The third kappa shape index (κ3) is 2.87. The van der Waals surface area contributed by atoms with Gasteiger partial charge in [0.15, 0.2) is 5.82 Å². The highest BCUT2D eigenvalue weighted by atomic mass is 32.2. The Bertz CT molecular complexity index is 1130. The lowest BCUT2D eigenvalue weighted by Crippen LogP contribution is -2.29. The Kier molecular flexibility index (Phi) is 4.14.